The minimum atomic E-state index is -1.63. The molecule has 118 valence electrons. The van der Waals surface area contributed by atoms with Crippen molar-refractivity contribution in [2.45, 2.75) is 26.7 Å². The number of benzene rings is 1. The molecule has 0 saturated heterocycles. The third kappa shape index (κ3) is 4.70. The van der Waals surface area contributed by atoms with Crippen molar-refractivity contribution in [3.8, 4) is 0 Å². The van der Waals surface area contributed by atoms with Gasteiger partial charge in [-0.3, -0.25) is 4.79 Å². The minimum absolute atomic E-state index is 0.0777. The average molecular weight is 306 g/mol. The van der Waals surface area contributed by atoms with E-state index in [0.717, 1.165) is 0 Å². The fourth-order valence-corrected chi connectivity index (χ4v) is 2.07. The van der Waals surface area contributed by atoms with E-state index in [1.165, 1.54) is 0 Å². The fraction of sp³-hybridized carbons (Fsp3) is 0.500. The number of carbonyl (C=O) groups is 1. The van der Waals surface area contributed by atoms with Crippen LogP contribution in [0.4, 0.5) is 23.2 Å². The van der Waals surface area contributed by atoms with Crippen LogP contribution in [-0.4, -0.2) is 12.5 Å². The third-order valence-electron chi connectivity index (χ3n) is 2.99. The molecule has 1 rings (SSSR count). The predicted molar refractivity (Wildman–Crippen MR) is 71.5 cm³/mol. The smallest absolute Gasteiger partial charge is 0.224 e. The fourth-order valence-electron chi connectivity index (χ4n) is 2.07. The van der Waals surface area contributed by atoms with E-state index in [9.17, 15) is 22.4 Å². The normalized spacial score (nSPS) is 12.6. The largest absolute Gasteiger partial charge is 0.330 e. The van der Waals surface area contributed by atoms with Gasteiger partial charge in [-0.2, -0.15) is 0 Å². The molecule has 0 unspecified atom stereocenters. The first kappa shape index (κ1) is 17.4. The number of rotatable bonds is 6. The minimum Gasteiger partial charge on any atom is -0.330 e. The van der Waals surface area contributed by atoms with Gasteiger partial charge < -0.3 is 11.1 Å². The summed E-state index contributed by atoms with van der Waals surface area (Å²) in [7, 11) is 0. The van der Waals surface area contributed by atoms with Crippen molar-refractivity contribution in [3.05, 3.63) is 29.3 Å². The molecular weight excluding hydrogens is 288 g/mol. The number of nitrogens with two attached hydrogens (primary N) is 1. The van der Waals surface area contributed by atoms with Gasteiger partial charge in [0.2, 0.25) is 5.91 Å². The van der Waals surface area contributed by atoms with Crippen LogP contribution in [0.25, 0.3) is 0 Å². The number of hydrogen-bond acceptors (Lipinski definition) is 2. The van der Waals surface area contributed by atoms with E-state index >= 15 is 0 Å². The zero-order valence-corrected chi connectivity index (χ0v) is 11.9. The van der Waals surface area contributed by atoms with Gasteiger partial charge >= 0.3 is 0 Å². The van der Waals surface area contributed by atoms with Crippen LogP contribution >= 0.6 is 0 Å². The summed E-state index contributed by atoms with van der Waals surface area (Å²) < 4.78 is 52.9. The van der Waals surface area contributed by atoms with E-state index in [2.05, 4.69) is 0 Å². The van der Waals surface area contributed by atoms with Crippen LogP contribution in [0, 0.1) is 35.1 Å². The monoisotopic (exact) mass is 306 g/mol. The predicted octanol–water partition coefficient (Wildman–Crippen LogP) is 3.19. The first-order chi connectivity index (χ1) is 9.76. The summed E-state index contributed by atoms with van der Waals surface area (Å²) in [5.41, 5.74) is 4.41. The molecular formula is C14H18F4N2O. The molecule has 0 spiro atoms. The Balaban J connectivity index is 2.84. The van der Waals surface area contributed by atoms with E-state index in [4.69, 9.17) is 5.73 Å². The van der Waals surface area contributed by atoms with Crippen LogP contribution in [0.3, 0.4) is 0 Å². The van der Waals surface area contributed by atoms with Crippen LogP contribution in [0.1, 0.15) is 26.7 Å². The molecule has 21 heavy (non-hydrogen) atoms. The van der Waals surface area contributed by atoms with Gasteiger partial charge in [0.05, 0.1) is 0 Å². The van der Waals surface area contributed by atoms with E-state index in [1.807, 2.05) is 19.2 Å². The van der Waals surface area contributed by atoms with Gasteiger partial charge in [-0.1, -0.05) is 13.8 Å². The van der Waals surface area contributed by atoms with Crippen LogP contribution in [0.2, 0.25) is 0 Å². The van der Waals surface area contributed by atoms with Crippen LogP contribution in [-0.2, 0) is 4.79 Å². The molecule has 0 radical (unpaired) electrons. The highest BCUT2D eigenvalue weighted by Gasteiger charge is 2.22. The van der Waals surface area contributed by atoms with Gasteiger partial charge in [0.1, 0.15) is 5.69 Å². The highest BCUT2D eigenvalue weighted by Crippen LogP contribution is 2.25. The third-order valence-corrected chi connectivity index (χ3v) is 2.99. The molecule has 0 saturated carbocycles. The molecule has 1 atom stereocenters. The number of hydrogen-bond donors (Lipinski definition) is 2. The van der Waals surface area contributed by atoms with Crippen molar-refractivity contribution in [1.82, 2.24) is 0 Å². The zero-order valence-electron chi connectivity index (χ0n) is 11.9. The maximum Gasteiger partial charge on any atom is 0.224 e. The molecule has 0 aliphatic heterocycles. The van der Waals surface area contributed by atoms with Crippen molar-refractivity contribution in [1.29, 1.82) is 0 Å². The molecule has 1 aromatic rings. The van der Waals surface area contributed by atoms with E-state index in [-0.39, 0.29) is 24.9 Å². The molecule has 0 aromatic heterocycles. The van der Waals surface area contributed by atoms with Gasteiger partial charge in [0.25, 0.3) is 0 Å². The lowest BCUT2D eigenvalue weighted by Crippen LogP contribution is -2.24. The van der Waals surface area contributed by atoms with E-state index in [1.54, 1.807) is 0 Å². The first-order valence-corrected chi connectivity index (χ1v) is 6.59. The highest BCUT2D eigenvalue weighted by molar-refractivity contribution is 5.91. The topological polar surface area (TPSA) is 55.1 Å². The Morgan fingerprint density at radius 2 is 1.71 bits per heavy atom. The van der Waals surface area contributed by atoms with E-state index < -0.39 is 34.9 Å². The molecule has 0 bridgehead atoms. The van der Waals surface area contributed by atoms with Crippen LogP contribution < -0.4 is 11.1 Å². The molecule has 7 heteroatoms. The second-order valence-corrected chi connectivity index (χ2v) is 5.33. The Bertz CT molecular complexity index is 494. The van der Waals surface area contributed by atoms with Crippen LogP contribution in [0.15, 0.2) is 6.07 Å². The zero-order chi connectivity index (χ0) is 16.2. The molecule has 1 aromatic carbocycles. The Labute approximate surface area is 120 Å². The van der Waals surface area contributed by atoms with Crippen molar-refractivity contribution in [2.24, 2.45) is 17.6 Å². The molecule has 0 aliphatic rings. The van der Waals surface area contributed by atoms with E-state index in [0.29, 0.717) is 12.3 Å². The Morgan fingerprint density at radius 3 is 2.14 bits per heavy atom. The summed E-state index contributed by atoms with van der Waals surface area (Å²) in [6.45, 7) is 4.12. The number of anilines is 1. The summed E-state index contributed by atoms with van der Waals surface area (Å²) in [4.78, 5) is 11.7. The maximum absolute atomic E-state index is 13.4. The van der Waals surface area contributed by atoms with Crippen molar-refractivity contribution >= 4 is 11.6 Å². The molecule has 0 aliphatic carbocycles. The summed E-state index contributed by atoms with van der Waals surface area (Å²) in [5.74, 6) is -7.01. The number of nitrogens with one attached hydrogen (secondary N) is 1. The molecule has 3 N–H and O–H groups in total. The van der Waals surface area contributed by atoms with Gasteiger partial charge in [-0.15, -0.1) is 0 Å². The summed E-state index contributed by atoms with van der Waals surface area (Å²) in [5, 5.41) is 1.87. The Hall–Kier alpha value is -1.63. The van der Waals surface area contributed by atoms with Crippen molar-refractivity contribution < 1.29 is 22.4 Å². The standard InChI is InChI=1S/C14H18F4N2O/c1-7(2)3-8(6-19)4-11(21)20-14-12(17)9(15)5-10(16)13(14)18/h5,7-8H,3-4,6,19H2,1-2H3,(H,20,21)/t8-/m0/s1. The van der Waals surface area contributed by atoms with Crippen molar-refractivity contribution in [3.63, 3.8) is 0 Å². The number of amides is 1. The quantitative estimate of drug-likeness (QED) is 0.626. The molecule has 1 amide bonds. The lowest BCUT2D eigenvalue weighted by atomic mass is 9.94. The van der Waals surface area contributed by atoms with Crippen molar-refractivity contribution in [2.75, 3.05) is 11.9 Å². The summed E-state index contributed by atoms with van der Waals surface area (Å²) in [6, 6.07) is 0.0851. The van der Waals surface area contributed by atoms with Crippen LogP contribution in [0.5, 0.6) is 0 Å². The SMILES string of the molecule is CC(C)C[C@H](CN)CC(=O)Nc1c(F)c(F)cc(F)c1F. The average Bonchev–Trinajstić information content (AvgIpc) is 2.40. The second-order valence-electron chi connectivity index (χ2n) is 5.33. The van der Waals surface area contributed by atoms with Gasteiger partial charge in [-0.05, 0) is 24.8 Å². The maximum atomic E-state index is 13.4. The number of carbonyl (C=O) groups excluding carboxylic acids is 1. The van der Waals surface area contributed by atoms with Gasteiger partial charge in [0.15, 0.2) is 23.3 Å². The number of halogens is 4. The molecule has 0 heterocycles. The highest BCUT2D eigenvalue weighted by atomic mass is 19.2. The van der Waals surface area contributed by atoms with Gasteiger partial charge in [-0.25, -0.2) is 17.6 Å². The lowest BCUT2D eigenvalue weighted by Gasteiger charge is -2.17. The second kappa shape index (κ2) is 7.40. The Morgan fingerprint density at radius 1 is 1.19 bits per heavy atom. The molecule has 3 nitrogen and oxygen atoms in total. The first-order valence-electron chi connectivity index (χ1n) is 6.59. The summed E-state index contributed by atoms with van der Waals surface area (Å²) >= 11 is 0. The lowest BCUT2D eigenvalue weighted by molar-refractivity contribution is -0.117. The van der Waals surface area contributed by atoms with Gasteiger partial charge in [0, 0.05) is 12.5 Å². The molecule has 0 fully saturated rings. The Kier molecular flexibility index (Phi) is 6.14. The summed E-state index contributed by atoms with van der Waals surface area (Å²) in [6.07, 6.45) is 0.581.